The first-order valence-corrected chi connectivity index (χ1v) is 5.23. The molecule has 1 rings (SSSR count). The number of rotatable bonds is 6. The zero-order valence-electron chi connectivity index (χ0n) is 9.81. The molecule has 1 aromatic rings. The molecule has 0 aliphatic heterocycles. The van der Waals surface area contributed by atoms with Crippen molar-refractivity contribution in [2.45, 2.75) is 6.04 Å². The Hall–Kier alpha value is -0.840. The van der Waals surface area contributed by atoms with Gasteiger partial charge in [0.05, 0.1) is 12.3 Å². The minimum Gasteiger partial charge on any atom is -0.468 e. The van der Waals surface area contributed by atoms with E-state index < -0.39 is 0 Å². The third kappa shape index (κ3) is 3.66. The summed E-state index contributed by atoms with van der Waals surface area (Å²) in [5.41, 5.74) is 5.76. The lowest BCUT2D eigenvalue weighted by atomic mass is 10.2. The van der Waals surface area contributed by atoms with Crippen LogP contribution in [-0.4, -0.2) is 50.6 Å². The molecule has 1 unspecified atom stereocenters. The molecule has 15 heavy (non-hydrogen) atoms. The number of likely N-dealkylation sites (N-methyl/N-ethyl adjacent to an activating group) is 2. The molecule has 0 spiro atoms. The third-order valence-corrected chi connectivity index (χ3v) is 2.53. The summed E-state index contributed by atoms with van der Waals surface area (Å²) in [6.45, 7) is 2.58. The van der Waals surface area contributed by atoms with Crippen LogP contribution in [0.5, 0.6) is 0 Å². The Bertz CT molecular complexity index is 259. The zero-order valence-corrected chi connectivity index (χ0v) is 9.81. The monoisotopic (exact) mass is 211 g/mol. The van der Waals surface area contributed by atoms with Gasteiger partial charge in [0.25, 0.3) is 0 Å². The van der Waals surface area contributed by atoms with E-state index in [4.69, 9.17) is 10.2 Å². The molecule has 0 saturated heterocycles. The molecule has 0 aliphatic carbocycles. The molecule has 0 fully saturated rings. The van der Waals surface area contributed by atoms with Crippen molar-refractivity contribution >= 4 is 0 Å². The topological polar surface area (TPSA) is 45.6 Å². The van der Waals surface area contributed by atoms with Gasteiger partial charge in [-0.2, -0.15) is 0 Å². The van der Waals surface area contributed by atoms with Crippen LogP contribution in [0.25, 0.3) is 0 Å². The molecule has 0 aromatic carbocycles. The molecule has 1 atom stereocenters. The quantitative estimate of drug-likeness (QED) is 0.755. The lowest BCUT2D eigenvalue weighted by molar-refractivity contribution is 0.200. The SMILES string of the molecule is CN(C)CCN(C)C(CN)c1ccco1. The Morgan fingerprint density at radius 1 is 1.33 bits per heavy atom. The molecule has 0 saturated carbocycles. The highest BCUT2D eigenvalue weighted by Gasteiger charge is 2.17. The predicted molar refractivity (Wildman–Crippen MR) is 61.7 cm³/mol. The molecule has 0 bridgehead atoms. The van der Waals surface area contributed by atoms with Crippen molar-refractivity contribution in [2.24, 2.45) is 5.73 Å². The molecule has 1 heterocycles. The molecule has 2 N–H and O–H groups in total. The maximum atomic E-state index is 5.76. The first kappa shape index (κ1) is 12.2. The molecule has 0 aliphatic rings. The van der Waals surface area contributed by atoms with Gasteiger partial charge in [0.1, 0.15) is 5.76 Å². The molecule has 1 aromatic heterocycles. The minimum absolute atomic E-state index is 0.181. The van der Waals surface area contributed by atoms with Crippen LogP contribution in [-0.2, 0) is 0 Å². The van der Waals surface area contributed by atoms with Crippen molar-refractivity contribution in [2.75, 3.05) is 40.8 Å². The molecule has 4 nitrogen and oxygen atoms in total. The Labute approximate surface area is 91.6 Å². The molecular weight excluding hydrogens is 190 g/mol. The summed E-state index contributed by atoms with van der Waals surface area (Å²) < 4.78 is 5.38. The van der Waals surface area contributed by atoms with E-state index in [-0.39, 0.29) is 6.04 Å². The maximum absolute atomic E-state index is 5.76. The van der Waals surface area contributed by atoms with E-state index in [0.717, 1.165) is 18.8 Å². The second-order valence-corrected chi connectivity index (χ2v) is 4.05. The van der Waals surface area contributed by atoms with Crippen LogP contribution in [0.15, 0.2) is 22.8 Å². The van der Waals surface area contributed by atoms with Crippen molar-refractivity contribution in [3.8, 4) is 0 Å². The zero-order chi connectivity index (χ0) is 11.3. The fourth-order valence-electron chi connectivity index (χ4n) is 1.51. The van der Waals surface area contributed by atoms with Gasteiger partial charge in [-0.05, 0) is 33.3 Å². The predicted octanol–water partition coefficient (Wildman–Crippen LogP) is 0.773. The fourth-order valence-corrected chi connectivity index (χ4v) is 1.51. The highest BCUT2D eigenvalue weighted by molar-refractivity contribution is 5.05. The first-order valence-electron chi connectivity index (χ1n) is 5.23. The number of furan rings is 1. The van der Waals surface area contributed by atoms with Crippen LogP contribution in [0.1, 0.15) is 11.8 Å². The number of hydrogen-bond acceptors (Lipinski definition) is 4. The van der Waals surface area contributed by atoms with Crippen molar-refractivity contribution in [1.29, 1.82) is 0 Å². The summed E-state index contributed by atoms with van der Waals surface area (Å²) in [5.74, 6) is 0.943. The molecule has 86 valence electrons. The first-order chi connectivity index (χ1) is 7.15. The van der Waals surface area contributed by atoms with Crippen LogP contribution in [0.3, 0.4) is 0 Å². The fraction of sp³-hybridized carbons (Fsp3) is 0.636. The van der Waals surface area contributed by atoms with E-state index in [2.05, 4.69) is 30.9 Å². The summed E-state index contributed by atoms with van der Waals surface area (Å²) in [6.07, 6.45) is 1.69. The van der Waals surface area contributed by atoms with E-state index in [9.17, 15) is 0 Å². The summed E-state index contributed by atoms with van der Waals surface area (Å²) >= 11 is 0. The van der Waals surface area contributed by atoms with Gasteiger partial charge in [-0.3, -0.25) is 4.90 Å². The Morgan fingerprint density at radius 2 is 2.07 bits per heavy atom. The van der Waals surface area contributed by atoms with Gasteiger partial charge in [-0.1, -0.05) is 0 Å². The number of hydrogen-bond donors (Lipinski definition) is 1. The summed E-state index contributed by atoms with van der Waals surface area (Å²) in [6, 6.07) is 4.06. The average Bonchev–Trinajstić information content (AvgIpc) is 2.69. The molecular formula is C11H21N3O. The molecule has 0 radical (unpaired) electrons. The Kier molecular flexibility index (Phi) is 4.81. The lowest BCUT2D eigenvalue weighted by Gasteiger charge is -2.26. The van der Waals surface area contributed by atoms with E-state index in [1.165, 1.54) is 0 Å². The normalized spacial score (nSPS) is 13.7. The summed E-state index contributed by atoms with van der Waals surface area (Å²) in [7, 11) is 6.21. The maximum Gasteiger partial charge on any atom is 0.122 e. The van der Waals surface area contributed by atoms with Gasteiger partial charge in [-0.15, -0.1) is 0 Å². The van der Waals surface area contributed by atoms with E-state index in [0.29, 0.717) is 6.54 Å². The highest BCUT2D eigenvalue weighted by Crippen LogP contribution is 2.17. The van der Waals surface area contributed by atoms with E-state index in [1.54, 1.807) is 6.26 Å². The average molecular weight is 211 g/mol. The summed E-state index contributed by atoms with van der Waals surface area (Å²) in [4.78, 5) is 4.38. The number of nitrogens with zero attached hydrogens (tertiary/aromatic N) is 2. The second kappa shape index (κ2) is 5.90. The van der Waals surface area contributed by atoms with Crippen molar-refractivity contribution in [3.63, 3.8) is 0 Å². The van der Waals surface area contributed by atoms with Gasteiger partial charge in [-0.25, -0.2) is 0 Å². The standard InChI is InChI=1S/C11H21N3O/c1-13(2)6-7-14(3)10(9-12)11-5-4-8-15-11/h4-5,8,10H,6-7,9,12H2,1-3H3. The van der Waals surface area contributed by atoms with Crippen LogP contribution in [0.2, 0.25) is 0 Å². The van der Waals surface area contributed by atoms with Crippen LogP contribution in [0, 0.1) is 0 Å². The van der Waals surface area contributed by atoms with Gasteiger partial charge in [0, 0.05) is 19.6 Å². The van der Waals surface area contributed by atoms with Crippen LogP contribution in [0.4, 0.5) is 0 Å². The Morgan fingerprint density at radius 3 is 2.53 bits per heavy atom. The summed E-state index contributed by atoms with van der Waals surface area (Å²) in [5, 5.41) is 0. The Balaban J connectivity index is 2.51. The lowest BCUT2D eigenvalue weighted by Crippen LogP contribution is -2.35. The van der Waals surface area contributed by atoms with Crippen molar-refractivity contribution < 1.29 is 4.42 Å². The molecule has 0 amide bonds. The van der Waals surface area contributed by atoms with Gasteiger partial charge >= 0.3 is 0 Å². The van der Waals surface area contributed by atoms with Gasteiger partial charge in [0.2, 0.25) is 0 Å². The van der Waals surface area contributed by atoms with Gasteiger partial charge in [0.15, 0.2) is 0 Å². The third-order valence-electron chi connectivity index (χ3n) is 2.53. The van der Waals surface area contributed by atoms with E-state index in [1.807, 2.05) is 12.1 Å². The van der Waals surface area contributed by atoms with Gasteiger partial charge < -0.3 is 15.1 Å². The van der Waals surface area contributed by atoms with Crippen LogP contribution >= 0.6 is 0 Å². The van der Waals surface area contributed by atoms with E-state index >= 15 is 0 Å². The highest BCUT2D eigenvalue weighted by atomic mass is 16.3. The largest absolute Gasteiger partial charge is 0.468 e. The van der Waals surface area contributed by atoms with Crippen molar-refractivity contribution in [1.82, 2.24) is 9.80 Å². The smallest absolute Gasteiger partial charge is 0.122 e. The molecule has 4 heteroatoms. The van der Waals surface area contributed by atoms with Crippen molar-refractivity contribution in [3.05, 3.63) is 24.2 Å². The minimum atomic E-state index is 0.181. The second-order valence-electron chi connectivity index (χ2n) is 4.05. The number of nitrogens with two attached hydrogens (primary N) is 1. The van der Waals surface area contributed by atoms with Crippen LogP contribution < -0.4 is 5.73 Å².